The molecule has 1 heterocycles. The molecule has 4 atom stereocenters. The molecule has 0 aromatic heterocycles. The fourth-order valence-corrected chi connectivity index (χ4v) is 4.70. The monoisotopic (exact) mass is 526 g/mol. The number of carbonyl (C=O) groups excluding carboxylic acids is 2. The number of fused-ring (bicyclic) bond motifs is 5. The van der Waals surface area contributed by atoms with Gasteiger partial charge in [0.05, 0.1) is 18.9 Å². The topological polar surface area (TPSA) is 103 Å². The molecule has 1 aromatic rings. The van der Waals surface area contributed by atoms with Crippen LogP contribution in [-0.4, -0.2) is 55.0 Å². The number of halogens is 1. The van der Waals surface area contributed by atoms with Gasteiger partial charge in [0.15, 0.2) is 5.96 Å². The van der Waals surface area contributed by atoms with Crippen molar-refractivity contribution in [1.82, 2.24) is 15.5 Å². The number of nitrogens with one attached hydrogen (secondary N) is 2. The number of hydrogen-bond donors (Lipinski definition) is 3. The van der Waals surface area contributed by atoms with Crippen LogP contribution >= 0.6 is 24.0 Å². The summed E-state index contributed by atoms with van der Waals surface area (Å²) < 4.78 is 5.18. The summed E-state index contributed by atoms with van der Waals surface area (Å²) >= 11 is 0. The molecular weight excluding hydrogens is 499 g/mol. The number of aliphatic imine (C=N–C) groups is 1. The zero-order valence-corrected chi connectivity index (χ0v) is 19.3. The number of nitrogens with zero attached hydrogens (tertiary/aromatic N) is 2. The van der Waals surface area contributed by atoms with E-state index in [2.05, 4.69) is 27.8 Å². The average molecular weight is 526 g/mol. The minimum atomic E-state index is -0.161. The lowest BCUT2D eigenvalue weighted by molar-refractivity contribution is -0.140. The maximum Gasteiger partial charge on any atom is 0.233 e. The molecule has 9 heteroatoms. The summed E-state index contributed by atoms with van der Waals surface area (Å²) in [5.41, 5.74) is 0.674. The summed E-state index contributed by atoms with van der Waals surface area (Å²) in [6.07, 6.45) is 5.13. The van der Waals surface area contributed by atoms with Gasteiger partial charge in [-0.2, -0.15) is 0 Å². The standard InChI is InChI=1S/C21H26N4O4.HI/c1-22-21(24-11-14-10-15(29-2)5-6-16(14)26)23-7-8-25-19(27)17-12-3-4-13(9-12)18(17)20(25)28;/h3-6,10,12-13,17-18,26H,7-9,11H2,1-2H3,(H2,22,23,24);1H. The fourth-order valence-electron chi connectivity index (χ4n) is 4.70. The van der Waals surface area contributed by atoms with E-state index in [4.69, 9.17) is 4.74 Å². The highest BCUT2D eigenvalue weighted by atomic mass is 127. The van der Waals surface area contributed by atoms with Crippen molar-refractivity contribution in [3.63, 3.8) is 0 Å². The van der Waals surface area contributed by atoms with Crippen molar-refractivity contribution < 1.29 is 19.4 Å². The van der Waals surface area contributed by atoms with Crippen molar-refractivity contribution in [3.05, 3.63) is 35.9 Å². The van der Waals surface area contributed by atoms with Crippen LogP contribution in [0.4, 0.5) is 0 Å². The van der Waals surface area contributed by atoms with Crippen molar-refractivity contribution >= 4 is 41.8 Å². The molecule has 1 aliphatic heterocycles. The first-order valence-electron chi connectivity index (χ1n) is 9.87. The summed E-state index contributed by atoms with van der Waals surface area (Å²) in [5.74, 6) is 1.39. The molecule has 1 saturated heterocycles. The molecule has 162 valence electrons. The second-order valence-corrected chi connectivity index (χ2v) is 7.68. The van der Waals surface area contributed by atoms with E-state index < -0.39 is 0 Å². The van der Waals surface area contributed by atoms with Gasteiger partial charge in [-0.15, -0.1) is 24.0 Å². The number of methoxy groups -OCH3 is 1. The SMILES string of the molecule is CN=C(NCCN1C(=O)C2C3C=CC(C3)C2C1=O)NCc1cc(OC)ccc1O.I. The summed E-state index contributed by atoms with van der Waals surface area (Å²) in [4.78, 5) is 30.9. The Balaban J connectivity index is 0.00000256. The molecule has 2 aliphatic carbocycles. The van der Waals surface area contributed by atoms with Gasteiger partial charge in [-0.05, 0) is 36.5 Å². The molecule has 2 bridgehead atoms. The number of amides is 2. The molecule has 4 unspecified atom stereocenters. The minimum absolute atomic E-state index is 0. The number of likely N-dealkylation sites (tertiary alicyclic amines) is 1. The van der Waals surface area contributed by atoms with Crippen LogP contribution in [0.3, 0.4) is 0 Å². The summed E-state index contributed by atoms with van der Waals surface area (Å²) in [6, 6.07) is 5.01. The molecule has 1 aromatic carbocycles. The zero-order valence-electron chi connectivity index (χ0n) is 17.0. The Morgan fingerprint density at radius 2 is 1.87 bits per heavy atom. The van der Waals surface area contributed by atoms with Crippen molar-refractivity contribution in [2.45, 2.75) is 13.0 Å². The number of benzene rings is 1. The Hall–Kier alpha value is -2.30. The van der Waals surface area contributed by atoms with E-state index in [-0.39, 0.29) is 65.2 Å². The molecule has 3 aliphatic rings. The normalized spacial score (nSPS) is 26.6. The number of aromatic hydroxyl groups is 1. The molecular formula is C21H27IN4O4. The number of allylic oxidation sites excluding steroid dienone is 2. The molecule has 4 rings (SSSR count). The number of imide groups is 1. The molecule has 1 saturated carbocycles. The third kappa shape index (κ3) is 3.99. The van der Waals surface area contributed by atoms with Crippen LogP contribution < -0.4 is 15.4 Å². The lowest BCUT2D eigenvalue weighted by atomic mass is 9.85. The largest absolute Gasteiger partial charge is 0.508 e. The Morgan fingerprint density at radius 3 is 2.47 bits per heavy atom. The molecule has 2 amide bonds. The van der Waals surface area contributed by atoms with Gasteiger partial charge in [-0.1, -0.05) is 12.2 Å². The lowest BCUT2D eigenvalue weighted by Gasteiger charge is -2.19. The van der Waals surface area contributed by atoms with Crippen LogP contribution in [0.5, 0.6) is 11.5 Å². The van der Waals surface area contributed by atoms with Gasteiger partial charge in [0.25, 0.3) is 0 Å². The Bertz CT molecular complexity index is 858. The Kier molecular flexibility index (Phi) is 6.89. The highest BCUT2D eigenvalue weighted by Crippen LogP contribution is 2.52. The number of hydrogen-bond acceptors (Lipinski definition) is 5. The maximum absolute atomic E-state index is 12.7. The van der Waals surface area contributed by atoms with Gasteiger partial charge in [0, 0.05) is 32.2 Å². The van der Waals surface area contributed by atoms with E-state index in [0.717, 1.165) is 6.42 Å². The fraction of sp³-hybridized carbons (Fsp3) is 0.476. The Labute approximate surface area is 192 Å². The summed E-state index contributed by atoms with van der Waals surface area (Å²) in [5, 5.41) is 16.2. The molecule has 0 radical (unpaired) electrons. The third-order valence-corrected chi connectivity index (χ3v) is 6.15. The predicted molar refractivity (Wildman–Crippen MR) is 123 cm³/mol. The van der Waals surface area contributed by atoms with E-state index in [1.165, 1.54) is 4.90 Å². The van der Waals surface area contributed by atoms with E-state index in [0.29, 0.717) is 36.9 Å². The number of carbonyl (C=O) groups is 2. The van der Waals surface area contributed by atoms with Gasteiger partial charge >= 0.3 is 0 Å². The average Bonchev–Trinajstić information content (AvgIpc) is 3.41. The summed E-state index contributed by atoms with van der Waals surface area (Å²) in [7, 11) is 3.21. The number of phenols is 1. The van der Waals surface area contributed by atoms with Crippen molar-refractivity contribution in [3.8, 4) is 11.5 Å². The van der Waals surface area contributed by atoms with Gasteiger partial charge in [-0.3, -0.25) is 19.5 Å². The van der Waals surface area contributed by atoms with Gasteiger partial charge in [0.2, 0.25) is 11.8 Å². The van der Waals surface area contributed by atoms with Gasteiger partial charge in [-0.25, -0.2) is 0 Å². The van der Waals surface area contributed by atoms with Crippen molar-refractivity contribution in [2.75, 3.05) is 27.2 Å². The second-order valence-electron chi connectivity index (χ2n) is 7.68. The quantitative estimate of drug-likeness (QED) is 0.171. The maximum atomic E-state index is 12.7. The number of guanidine groups is 1. The van der Waals surface area contributed by atoms with E-state index in [9.17, 15) is 14.7 Å². The predicted octanol–water partition coefficient (Wildman–Crippen LogP) is 1.49. The number of phenolic OH excluding ortho intramolecular Hbond substituents is 1. The summed E-state index contributed by atoms with van der Waals surface area (Å²) in [6.45, 7) is 1.07. The van der Waals surface area contributed by atoms with Crippen LogP contribution in [0.25, 0.3) is 0 Å². The van der Waals surface area contributed by atoms with E-state index >= 15 is 0 Å². The first kappa shape index (κ1) is 22.4. The molecule has 30 heavy (non-hydrogen) atoms. The van der Waals surface area contributed by atoms with Crippen LogP contribution in [0.15, 0.2) is 35.3 Å². The van der Waals surface area contributed by atoms with Gasteiger partial charge < -0.3 is 20.5 Å². The van der Waals surface area contributed by atoms with Crippen LogP contribution in [0.2, 0.25) is 0 Å². The van der Waals surface area contributed by atoms with Crippen molar-refractivity contribution in [1.29, 1.82) is 0 Å². The molecule has 3 N–H and O–H groups in total. The molecule has 2 fully saturated rings. The molecule has 8 nitrogen and oxygen atoms in total. The van der Waals surface area contributed by atoms with E-state index in [1.54, 1.807) is 32.4 Å². The van der Waals surface area contributed by atoms with Crippen LogP contribution in [0.1, 0.15) is 12.0 Å². The van der Waals surface area contributed by atoms with Crippen molar-refractivity contribution in [2.24, 2.45) is 28.7 Å². The highest BCUT2D eigenvalue weighted by molar-refractivity contribution is 14.0. The number of rotatable bonds is 6. The first-order valence-corrected chi connectivity index (χ1v) is 9.87. The van der Waals surface area contributed by atoms with E-state index in [1.807, 2.05) is 0 Å². The smallest absolute Gasteiger partial charge is 0.233 e. The van der Waals surface area contributed by atoms with Crippen LogP contribution in [-0.2, 0) is 16.1 Å². The van der Waals surface area contributed by atoms with Gasteiger partial charge in [0.1, 0.15) is 11.5 Å². The number of ether oxygens (including phenoxy) is 1. The lowest BCUT2D eigenvalue weighted by Crippen LogP contribution is -2.43. The zero-order chi connectivity index (χ0) is 20.5. The third-order valence-electron chi connectivity index (χ3n) is 6.15. The second kappa shape index (κ2) is 9.23. The highest BCUT2D eigenvalue weighted by Gasteiger charge is 2.58. The minimum Gasteiger partial charge on any atom is -0.508 e. The first-order chi connectivity index (χ1) is 14.0. The molecule has 0 spiro atoms. The van der Waals surface area contributed by atoms with Crippen LogP contribution in [0, 0.1) is 23.7 Å². The Morgan fingerprint density at radius 1 is 1.20 bits per heavy atom.